The third kappa shape index (κ3) is 2.79. The number of hydrogen-bond acceptors (Lipinski definition) is 3. The van der Waals surface area contributed by atoms with Crippen LogP contribution >= 0.6 is 11.3 Å². The zero-order valence-corrected chi connectivity index (χ0v) is 12.1. The van der Waals surface area contributed by atoms with E-state index < -0.39 is 0 Å². The average molecular weight is 264 g/mol. The first-order chi connectivity index (χ1) is 8.83. The number of aryl methyl sites for hydroxylation is 1. The molecule has 0 bridgehead atoms. The van der Waals surface area contributed by atoms with E-state index in [-0.39, 0.29) is 0 Å². The van der Waals surface area contributed by atoms with Crippen LogP contribution in [0.4, 0.5) is 0 Å². The van der Waals surface area contributed by atoms with Gasteiger partial charge in [0.2, 0.25) is 0 Å². The number of fused-ring (bicyclic) bond motifs is 1. The first kappa shape index (κ1) is 12.6. The van der Waals surface area contributed by atoms with Crippen molar-refractivity contribution in [2.24, 2.45) is 5.92 Å². The number of nitrogens with one attached hydrogen (secondary N) is 2. The second-order valence-corrected chi connectivity index (χ2v) is 6.91. The molecule has 0 amide bonds. The van der Waals surface area contributed by atoms with Gasteiger partial charge in [-0.05, 0) is 49.1 Å². The van der Waals surface area contributed by atoms with Crippen molar-refractivity contribution >= 4 is 11.3 Å². The van der Waals surface area contributed by atoms with Crippen molar-refractivity contribution in [3.63, 3.8) is 0 Å². The number of thiophene rings is 1. The van der Waals surface area contributed by atoms with Gasteiger partial charge in [-0.1, -0.05) is 12.8 Å². The molecule has 1 aliphatic heterocycles. The van der Waals surface area contributed by atoms with Gasteiger partial charge < -0.3 is 10.6 Å². The summed E-state index contributed by atoms with van der Waals surface area (Å²) in [5.74, 6) is 0.967. The minimum atomic E-state index is 0.707. The van der Waals surface area contributed by atoms with E-state index in [0.29, 0.717) is 6.04 Å². The van der Waals surface area contributed by atoms with Crippen LogP contribution < -0.4 is 10.6 Å². The van der Waals surface area contributed by atoms with Crippen LogP contribution in [0.25, 0.3) is 0 Å². The fourth-order valence-corrected chi connectivity index (χ4v) is 4.41. The lowest BCUT2D eigenvalue weighted by atomic mass is 9.85. The van der Waals surface area contributed by atoms with Gasteiger partial charge in [0.15, 0.2) is 0 Å². The predicted octanol–water partition coefficient (Wildman–Crippen LogP) is 3.07. The lowest BCUT2D eigenvalue weighted by molar-refractivity contribution is 0.325. The molecule has 1 saturated heterocycles. The van der Waals surface area contributed by atoms with E-state index in [1.54, 1.807) is 0 Å². The van der Waals surface area contributed by atoms with E-state index in [0.717, 1.165) is 25.0 Å². The smallest absolute Gasteiger partial charge is 0.0303 e. The lowest BCUT2D eigenvalue weighted by Gasteiger charge is -2.24. The van der Waals surface area contributed by atoms with Gasteiger partial charge >= 0.3 is 0 Å². The topological polar surface area (TPSA) is 24.1 Å². The van der Waals surface area contributed by atoms with E-state index >= 15 is 0 Å². The van der Waals surface area contributed by atoms with Crippen LogP contribution in [-0.4, -0.2) is 18.6 Å². The Morgan fingerprint density at radius 1 is 1.39 bits per heavy atom. The molecule has 2 fully saturated rings. The van der Waals surface area contributed by atoms with E-state index in [1.165, 1.54) is 42.5 Å². The molecular weight excluding hydrogens is 240 g/mol. The SMILES string of the molecule is Cc1ccsc1CNCC1CC2CCCCC2N1. The Morgan fingerprint density at radius 3 is 3.06 bits per heavy atom. The van der Waals surface area contributed by atoms with Gasteiger partial charge in [-0.15, -0.1) is 11.3 Å². The maximum atomic E-state index is 3.83. The molecule has 3 heteroatoms. The second kappa shape index (κ2) is 5.72. The monoisotopic (exact) mass is 264 g/mol. The van der Waals surface area contributed by atoms with Crippen molar-refractivity contribution in [2.45, 2.75) is 57.7 Å². The number of hydrogen-bond donors (Lipinski definition) is 2. The molecule has 18 heavy (non-hydrogen) atoms. The van der Waals surface area contributed by atoms with E-state index in [2.05, 4.69) is 29.0 Å². The zero-order valence-electron chi connectivity index (χ0n) is 11.2. The maximum Gasteiger partial charge on any atom is 0.0303 e. The molecule has 1 aliphatic carbocycles. The minimum absolute atomic E-state index is 0.707. The summed E-state index contributed by atoms with van der Waals surface area (Å²) in [6, 6.07) is 3.75. The third-order valence-electron chi connectivity index (χ3n) is 4.59. The molecule has 0 spiro atoms. The molecule has 100 valence electrons. The molecule has 2 heterocycles. The molecule has 0 radical (unpaired) electrons. The molecule has 1 aromatic heterocycles. The molecule has 3 rings (SSSR count). The van der Waals surface area contributed by atoms with Crippen molar-refractivity contribution in [1.29, 1.82) is 0 Å². The first-order valence-corrected chi connectivity index (χ1v) is 8.20. The summed E-state index contributed by atoms with van der Waals surface area (Å²) in [4.78, 5) is 1.49. The predicted molar refractivity (Wildman–Crippen MR) is 78.0 cm³/mol. The van der Waals surface area contributed by atoms with Crippen molar-refractivity contribution in [3.8, 4) is 0 Å². The van der Waals surface area contributed by atoms with Crippen LogP contribution in [0, 0.1) is 12.8 Å². The lowest BCUT2D eigenvalue weighted by Crippen LogP contribution is -2.38. The highest BCUT2D eigenvalue weighted by Gasteiger charge is 2.34. The summed E-state index contributed by atoms with van der Waals surface area (Å²) < 4.78 is 0. The molecule has 2 N–H and O–H groups in total. The molecule has 3 unspecified atom stereocenters. The summed E-state index contributed by atoms with van der Waals surface area (Å²) in [5.41, 5.74) is 1.43. The van der Waals surface area contributed by atoms with Gasteiger partial charge in [0.05, 0.1) is 0 Å². The standard InChI is InChI=1S/C15H24N2S/c1-11-6-7-18-15(11)10-16-9-13-8-12-4-2-3-5-14(12)17-13/h6-7,12-14,16-17H,2-5,8-10H2,1H3. The molecule has 2 aliphatic rings. The highest BCUT2D eigenvalue weighted by Crippen LogP contribution is 2.32. The van der Waals surface area contributed by atoms with Crippen LogP contribution in [0.15, 0.2) is 11.4 Å². The third-order valence-corrected chi connectivity index (χ3v) is 5.61. The van der Waals surface area contributed by atoms with Crippen molar-refractivity contribution < 1.29 is 0 Å². The maximum absolute atomic E-state index is 3.83. The highest BCUT2D eigenvalue weighted by atomic mass is 32.1. The molecule has 1 aromatic rings. The molecule has 3 atom stereocenters. The largest absolute Gasteiger partial charge is 0.310 e. The first-order valence-electron chi connectivity index (χ1n) is 7.32. The minimum Gasteiger partial charge on any atom is -0.310 e. The van der Waals surface area contributed by atoms with Crippen molar-refractivity contribution in [2.75, 3.05) is 6.54 Å². The summed E-state index contributed by atoms with van der Waals surface area (Å²) in [5, 5.41) is 9.65. The van der Waals surface area contributed by atoms with Crippen LogP contribution in [-0.2, 0) is 6.54 Å². The van der Waals surface area contributed by atoms with E-state index in [1.807, 2.05) is 11.3 Å². The summed E-state index contributed by atoms with van der Waals surface area (Å²) >= 11 is 1.87. The molecule has 0 aromatic carbocycles. The van der Waals surface area contributed by atoms with E-state index in [9.17, 15) is 0 Å². The fourth-order valence-electron chi connectivity index (χ4n) is 3.53. The molecule has 1 saturated carbocycles. The van der Waals surface area contributed by atoms with Gasteiger partial charge in [0.25, 0.3) is 0 Å². The van der Waals surface area contributed by atoms with Gasteiger partial charge in [0.1, 0.15) is 0 Å². The Kier molecular flexibility index (Phi) is 4.02. The number of rotatable bonds is 4. The quantitative estimate of drug-likeness (QED) is 0.873. The van der Waals surface area contributed by atoms with Crippen LogP contribution in [0.5, 0.6) is 0 Å². The van der Waals surface area contributed by atoms with E-state index in [4.69, 9.17) is 0 Å². The molecule has 2 nitrogen and oxygen atoms in total. The zero-order chi connectivity index (χ0) is 12.4. The normalized spacial score (nSPS) is 31.5. The Labute approximate surface area is 114 Å². The van der Waals surface area contributed by atoms with Crippen molar-refractivity contribution in [3.05, 3.63) is 21.9 Å². The second-order valence-electron chi connectivity index (χ2n) is 5.91. The van der Waals surface area contributed by atoms with Crippen LogP contribution in [0.3, 0.4) is 0 Å². The Balaban J connectivity index is 1.43. The molecular formula is C15H24N2S. The van der Waals surface area contributed by atoms with Gasteiger partial charge in [0, 0.05) is 30.1 Å². The van der Waals surface area contributed by atoms with Crippen molar-refractivity contribution in [1.82, 2.24) is 10.6 Å². The summed E-state index contributed by atoms with van der Waals surface area (Å²) in [6.07, 6.45) is 7.14. The van der Waals surface area contributed by atoms with Gasteiger partial charge in [-0.3, -0.25) is 0 Å². The van der Waals surface area contributed by atoms with Gasteiger partial charge in [-0.2, -0.15) is 0 Å². The Bertz CT molecular complexity index is 374. The average Bonchev–Trinajstić information content (AvgIpc) is 2.96. The highest BCUT2D eigenvalue weighted by molar-refractivity contribution is 7.10. The van der Waals surface area contributed by atoms with Crippen LogP contribution in [0.2, 0.25) is 0 Å². The van der Waals surface area contributed by atoms with Gasteiger partial charge in [-0.25, -0.2) is 0 Å². The summed E-state index contributed by atoms with van der Waals surface area (Å²) in [7, 11) is 0. The Morgan fingerprint density at radius 2 is 2.28 bits per heavy atom. The van der Waals surface area contributed by atoms with Crippen LogP contribution in [0.1, 0.15) is 42.5 Å². The Hall–Kier alpha value is -0.380. The summed E-state index contributed by atoms with van der Waals surface area (Å²) in [6.45, 7) is 4.37. The fraction of sp³-hybridized carbons (Fsp3) is 0.733.